The predicted molar refractivity (Wildman–Crippen MR) is 50.3 cm³/mol. The molecule has 1 fully saturated rings. The van der Waals surface area contributed by atoms with Gasteiger partial charge >= 0.3 is 0 Å². The minimum Gasteiger partial charge on any atom is -0.396 e. The first kappa shape index (κ1) is 8.23. The molecule has 0 radical (unpaired) electrons. The topological polar surface area (TPSA) is 46.2 Å². The van der Waals surface area contributed by atoms with Crippen molar-refractivity contribution in [2.45, 2.75) is 12.3 Å². The minimum atomic E-state index is 0.0187. The number of aliphatic hydroxyl groups excluding tert-OH is 1. The van der Waals surface area contributed by atoms with Crippen LogP contribution in [-0.4, -0.2) is 18.3 Å². The van der Waals surface area contributed by atoms with Gasteiger partial charge in [0.15, 0.2) is 0 Å². The maximum atomic E-state index is 9.15. The summed E-state index contributed by atoms with van der Waals surface area (Å²) >= 11 is 1.76. The first-order chi connectivity index (χ1) is 5.82. The van der Waals surface area contributed by atoms with Gasteiger partial charge in [-0.25, -0.2) is 0 Å². The van der Waals surface area contributed by atoms with Crippen LogP contribution in [0.15, 0.2) is 17.5 Å². The SMILES string of the molecule is NC[C@@]1(CO)C[C@H]1c1cccs1. The number of nitrogens with two attached hydrogens (primary N) is 1. The third-order valence-electron chi connectivity index (χ3n) is 2.80. The molecule has 1 heterocycles. The summed E-state index contributed by atoms with van der Waals surface area (Å²) in [6.45, 7) is 0.831. The summed E-state index contributed by atoms with van der Waals surface area (Å²) in [7, 11) is 0. The van der Waals surface area contributed by atoms with E-state index in [4.69, 9.17) is 10.8 Å². The lowest BCUT2D eigenvalue weighted by Crippen LogP contribution is -2.21. The van der Waals surface area contributed by atoms with Crippen molar-refractivity contribution in [1.82, 2.24) is 0 Å². The van der Waals surface area contributed by atoms with Crippen LogP contribution in [0.4, 0.5) is 0 Å². The van der Waals surface area contributed by atoms with Crippen LogP contribution in [0.25, 0.3) is 0 Å². The first-order valence-electron chi connectivity index (χ1n) is 4.17. The average Bonchev–Trinajstić information content (AvgIpc) is 2.59. The van der Waals surface area contributed by atoms with Crippen LogP contribution in [0.1, 0.15) is 17.2 Å². The molecule has 12 heavy (non-hydrogen) atoms. The monoisotopic (exact) mass is 183 g/mol. The van der Waals surface area contributed by atoms with Crippen molar-refractivity contribution in [3.63, 3.8) is 0 Å². The Morgan fingerprint density at radius 1 is 1.75 bits per heavy atom. The van der Waals surface area contributed by atoms with Gasteiger partial charge in [-0.1, -0.05) is 6.07 Å². The molecule has 2 atom stereocenters. The summed E-state index contributed by atoms with van der Waals surface area (Å²) in [5, 5.41) is 11.2. The standard InChI is InChI=1S/C9H13NOS/c10-5-9(6-11)4-7(9)8-2-1-3-12-8/h1-3,7,11H,4-6,10H2/t7-,9+/m0/s1. The van der Waals surface area contributed by atoms with Crippen molar-refractivity contribution in [2.75, 3.05) is 13.2 Å². The van der Waals surface area contributed by atoms with Crippen LogP contribution < -0.4 is 5.73 Å². The average molecular weight is 183 g/mol. The van der Waals surface area contributed by atoms with E-state index in [-0.39, 0.29) is 12.0 Å². The summed E-state index contributed by atoms with van der Waals surface area (Å²) < 4.78 is 0. The van der Waals surface area contributed by atoms with Gasteiger partial charge in [0, 0.05) is 22.8 Å². The van der Waals surface area contributed by atoms with Crippen LogP contribution in [0.2, 0.25) is 0 Å². The number of thiophene rings is 1. The Kier molecular flexibility index (Phi) is 1.94. The molecule has 0 unspecified atom stereocenters. The van der Waals surface area contributed by atoms with Gasteiger partial charge in [0.25, 0.3) is 0 Å². The highest BCUT2D eigenvalue weighted by molar-refractivity contribution is 7.10. The number of hydrogen-bond donors (Lipinski definition) is 2. The van der Waals surface area contributed by atoms with Crippen LogP contribution >= 0.6 is 11.3 Å². The van der Waals surface area contributed by atoms with Crippen molar-refractivity contribution in [1.29, 1.82) is 0 Å². The molecule has 1 saturated carbocycles. The van der Waals surface area contributed by atoms with Crippen molar-refractivity contribution >= 4 is 11.3 Å². The Morgan fingerprint density at radius 2 is 2.58 bits per heavy atom. The lowest BCUT2D eigenvalue weighted by atomic mass is 10.1. The molecule has 1 aromatic heterocycles. The second-order valence-electron chi connectivity index (χ2n) is 3.50. The number of aliphatic hydroxyl groups is 1. The quantitative estimate of drug-likeness (QED) is 0.739. The molecule has 0 saturated heterocycles. The molecule has 3 heteroatoms. The van der Waals surface area contributed by atoms with Crippen molar-refractivity contribution in [3.05, 3.63) is 22.4 Å². The molecular formula is C9H13NOS. The van der Waals surface area contributed by atoms with E-state index in [1.807, 2.05) is 0 Å². The zero-order valence-corrected chi connectivity index (χ0v) is 7.68. The molecule has 3 N–H and O–H groups in total. The first-order valence-corrected chi connectivity index (χ1v) is 5.05. The van der Waals surface area contributed by atoms with E-state index in [0.29, 0.717) is 12.5 Å². The van der Waals surface area contributed by atoms with E-state index in [1.165, 1.54) is 4.88 Å². The number of hydrogen-bond acceptors (Lipinski definition) is 3. The van der Waals surface area contributed by atoms with Gasteiger partial charge in [0.05, 0.1) is 6.61 Å². The molecule has 0 spiro atoms. The van der Waals surface area contributed by atoms with E-state index in [2.05, 4.69) is 17.5 Å². The molecule has 66 valence electrons. The normalized spacial score (nSPS) is 33.7. The highest BCUT2D eigenvalue weighted by atomic mass is 32.1. The van der Waals surface area contributed by atoms with Gasteiger partial charge in [0.2, 0.25) is 0 Å². The largest absolute Gasteiger partial charge is 0.396 e. The summed E-state index contributed by atoms with van der Waals surface area (Å²) in [6, 6.07) is 4.18. The zero-order valence-electron chi connectivity index (χ0n) is 6.86. The van der Waals surface area contributed by atoms with Gasteiger partial charge in [0.1, 0.15) is 0 Å². The predicted octanol–water partition coefficient (Wildman–Crippen LogP) is 1.17. The van der Waals surface area contributed by atoms with E-state index in [9.17, 15) is 0 Å². The van der Waals surface area contributed by atoms with Gasteiger partial charge in [-0.3, -0.25) is 0 Å². The lowest BCUT2D eigenvalue weighted by Gasteiger charge is -2.09. The third-order valence-corrected chi connectivity index (χ3v) is 3.78. The molecule has 1 aliphatic carbocycles. The number of rotatable bonds is 3. The minimum absolute atomic E-state index is 0.0187. The van der Waals surface area contributed by atoms with E-state index >= 15 is 0 Å². The van der Waals surface area contributed by atoms with E-state index < -0.39 is 0 Å². The Bertz CT molecular complexity index is 254. The lowest BCUT2D eigenvalue weighted by molar-refractivity contribution is 0.212. The zero-order chi connectivity index (χ0) is 8.60. The van der Waals surface area contributed by atoms with Crippen LogP contribution in [0.3, 0.4) is 0 Å². The summed E-state index contributed by atoms with van der Waals surface area (Å²) in [4.78, 5) is 1.37. The fourth-order valence-corrected chi connectivity index (χ4v) is 2.67. The molecule has 0 bridgehead atoms. The molecule has 0 amide bonds. The summed E-state index contributed by atoms with van der Waals surface area (Å²) in [5.74, 6) is 0.521. The maximum absolute atomic E-state index is 9.15. The molecule has 1 aliphatic rings. The van der Waals surface area contributed by atoms with Gasteiger partial charge in [-0.15, -0.1) is 11.3 Å². The molecule has 2 nitrogen and oxygen atoms in total. The van der Waals surface area contributed by atoms with Crippen molar-refractivity contribution in [2.24, 2.45) is 11.1 Å². The fraction of sp³-hybridized carbons (Fsp3) is 0.556. The molecule has 1 aromatic rings. The maximum Gasteiger partial charge on any atom is 0.0505 e. The Balaban J connectivity index is 2.12. The Hall–Kier alpha value is -0.380. The van der Waals surface area contributed by atoms with Crippen molar-refractivity contribution in [3.8, 4) is 0 Å². The van der Waals surface area contributed by atoms with Crippen LogP contribution in [0, 0.1) is 5.41 Å². The van der Waals surface area contributed by atoms with Gasteiger partial charge < -0.3 is 10.8 Å². The van der Waals surface area contributed by atoms with Crippen molar-refractivity contribution < 1.29 is 5.11 Å². The Labute approximate surface area is 76.0 Å². The van der Waals surface area contributed by atoms with Gasteiger partial charge in [-0.05, 0) is 17.9 Å². The summed E-state index contributed by atoms with van der Waals surface area (Å²) in [5.41, 5.74) is 5.64. The second kappa shape index (κ2) is 2.83. The molecule has 0 aliphatic heterocycles. The smallest absolute Gasteiger partial charge is 0.0505 e. The van der Waals surface area contributed by atoms with E-state index in [1.54, 1.807) is 11.3 Å². The molecule has 0 aromatic carbocycles. The highest BCUT2D eigenvalue weighted by Crippen LogP contribution is 2.59. The van der Waals surface area contributed by atoms with Gasteiger partial charge in [-0.2, -0.15) is 0 Å². The van der Waals surface area contributed by atoms with Crippen LogP contribution in [-0.2, 0) is 0 Å². The van der Waals surface area contributed by atoms with E-state index in [0.717, 1.165) is 6.42 Å². The molecular weight excluding hydrogens is 170 g/mol. The van der Waals surface area contributed by atoms with Crippen LogP contribution in [0.5, 0.6) is 0 Å². The summed E-state index contributed by atoms with van der Waals surface area (Å²) in [6.07, 6.45) is 1.06. The second-order valence-corrected chi connectivity index (χ2v) is 4.48. The Morgan fingerprint density at radius 3 is 3.00 bits per heavy atom. The fourth-order valence-electron chi connectivity index (χ4n) is 1.70. The molecule has 2 rings (SSSR count). The third kappa shape index (κ3) is 1.09. The highest BCUT2D eigenvalue weighted by Gasteiger charge is 2.53.